The van der Waals surface area contributed by atoms with Gasteiger partial charge in [-0.2, -0.15) is 0 Å². The fourth-order valence-corrected chi connectivity index (χ4v) is 2.52. The van der Waals surface area contributed by atoms with Crippen molar-refractivity contribution in [1.29, 1.82) is 0 Å². The summed E-state index contributed by atoms with van der Waals surface area (Å²) in [7, 11) is 0. The third kappa shape index (κ3) is 4.51. The molecule has 0 aliphatic heterocycles. The topological polar surface area (TPSA) is 52.4 Å². The van der Waals surface area contributed by atoms with Gasteiger partial charge >= 0.3 is 0 Å². The van der Waals surface area contributed by atoms with Gasteiger partial charge in [0.25, 0.3) is 5.69 Å². The predicted octanol–water partition coefficient (Wildman–Crippen LogP) is 4.33. The molecule has 0 saturated carbocycles. The first kappa shape index (κ1) is 15.4. The number of hydrogen-bond acceptors (Lipinski definition) is 5. The van der Waals surface area contributed by atoms with Gasteiger partial charge in [-0.3, -0.25) is 10.1 Å². The summed E-state index contributed by atoms with van der Waals surface area (Å²) >= 11 is 6.23. The predicted molar refractivity (Wildman–Crippen MR) is 84.0 cm³/mol. The molecular formula is C14H10FNO3S2. The van der Waals surface area contributed by atoms with E-state index in [1.54, 1.807) is 18.2 Å². The highest BCUT2D eigenvalue weighted by molar-refractivity contribution is 8.22. The standard InChI is InChI=1S/C14H10FNO3S2/c15-11-5-7-12(8-6-11)19-14(20)21-9-10-3-1-2-4-13(10)16(17)18/h1-8H,9H2. The van der Waals surface area contributed by atoms with Crippen LogP contribution in [0.5, 0.6) is 5.75 Å². The lowest BCUT2D eigenvalue weighted by Crippen LogP contribution is -2.02. The van der Waals surface area contributed by atoms with Crippen molar-refractivity contribution in [2.24, 2.45) is 0 Å². The molecule has 0 heterocycles. The molecule has 2 aromatic carbocycles. The van der Waals surface area contributed by atoms with Crippen molar-refractivity contribution < 1.29 is 14.1 Å². The Balaban J connectivity index is 1.95. The molecule has 0 bridgehead atoms. The second-order valence-electron chi connectivity index (χ2n) is 3.98. The van der Waals surface area contributed by atoms with Crippen LogP contribution in [0, 0.1) is 15.9 Å². The zero-order chi connectivity index (χ0) is 15.2. The van der Waals surface area contributed by atoms with Gasteiger partial charge in [0.1, 0.15) is 11.6 Å². The van der Waals surface area contributed by atoms with Crippen LogP contribution < -0.4 is 4.74 Å². The van der Waals surface area contributed by atoms with Crippen LogP contribution in [0.1, 0.15) is 5.56 Å². The van der Waals surface area contributed by atoms with Gasteiger partial charge in [0, 0.05) is 17.4 Å². The highest BCUT2D eigenvalue weighted by Crippen LogP contribution is 2.24. The summed E-state index contributed by atoms with van der Waals surface area (Å²) in [4.78, 5) is 10.5. The van der Waals surface area contributed by atoms with Gasteiger partial charge in [-0.1, -0.05) is 30.0 Å². The van der Waals surface area contributed by atoms with Gasteiger partial charge in [-0.15, -0.1) is 0 Å². The van der Waals surface area contributed by atoms with Crippen LogP contribution in [0.15, 0.2) is 48.5 Å². The minimum atomic E-state index is -0.431. The molecule has 7 heteroatoms. The summed E-state index contributed by atoms with van der Waals surface area (Å²) in [5.41, 5.74) is 0.618. The second kappa shape index (κ2) is 7.14. The largest absolute Gasteiger partial charge is 0.440 e. The average Bonchev–Trinajstić information content (AvgIpc) is 2.48. The molecule has 0 N–H and O–H groups in total. The van der Waals surface area contributed by atoms with Gasteiger partial charge in [-0.25, -0.2) is 4.39 Å². The van der Waals surface area contributed by atoms with Gasteiger partial charge < -0.3 is 4.74 Å². The summed E-state index contributed by atoms with van der Waals surface area (Å²) in [6.07, 6.45) is 0. The minimum absolute atomic E-state index is 0.0505. The Kier molecular flexibility index (Phi) is 5.24. The van der Waals surface area contributed by atoms with Gasteiger partial charge in [0.15, 0.2) is 0 Å². The van der Waals surface area contributed by atoms with Crippen molar-refractivity contribution >= 4 is 34.0 Å². The smallest absolute Gasteiger partial charge is 0.273 e. The zero-order valence-corrected chi connectivity index (χ0v) is 12.3. The molecular weight excluding hydrogens is 313 g/mol. The van der Waals surface area contributed by atoms with Crippen molar-refractivity contribution in [1.82, 2.24) is 0 Å². The van der Waals surface area contributed by atoms with E-state index < -0.39 is 4.92 Å². The van der Waals surface area contributed by atoms with E-state index in [-0.39, 0.29) is 15.9 Å². The number of nitrogens with zero attached hydrogens (tertiary/aromatic N) is 1. The number of hydrogen-bond donors (Lipinski definition) is 0. The van der Waals surface area contributed by atoms with Crippen LogP contribution in [0.3, 0.4) is 0 Å². The monoisotopic (exact) mass is 323 g/mol. The van der Waals surface area contributed by atoms with E-state index in [9.17, 15) is 14.5 Å². The number of halogens is 1. The first-order chi connectivity index (χ1) is 10.1. The Morgan fingerprint density at radius 2 is 1.90 bits per heavy atom. The van der Waals surface area contributed by atoms with Crippen LogP contribution in [0.25, 0.3) is 0 Å². The molecule has 108 valence electrons. The Bertz CT molecular complexity index is 662. The number of para-hydroxylation sites is 1. The fraction of sp³-hybridized carbons (Fsp3) is 0.0714. The molecule has 0 aliphatic carbocycles. The average molecular weight is 323 g/mol. The van der Waals surface area contributed by atoms with Crippen LogP contribution in [-0.2, 0) is 5.75 Å². The fourth-order valence-electron chi connectivity index (χ4n) is 1.58. The zero-order valence-electron chi connectivity index (χ0n) is 10.7. The highest BCUT2D eigenvalue weighted by Gasteiger charge is 2.13. The summed E-state index contributed by atoms with van der Waals surface area (Å²) in [5, 5.41) is 10.9. The molecule has 0 aliphatic rings. The van der Waals surface area contributed by atoms with Gasteiger partial charge in [0.05, 0.1) is 4.92 Å². The van der Waals surface area contributed by atoms with Gasteiger partial charge in [-0.05, 0) is 36.5 Å². The van der Waals surface area contributed by atoms with Crippen molar-refractivity contribution in [2.45, 2.75) is 5.75 Å². The van der Waals surface area contributed by atoms with Crippen molar-refractivity contribution in [3.8, 4) is 5.75 Å². The quantitative estimate of drug-likeness (QED) is 0.476. The molecule has 0 aromatic heterocycles. The van der Waals surface area contributed by atoms with Gasteiger partial charge in [0.2, 0.25) is 4.38 Å². The lowest BCUT2D eigenvalue weighted by atomic mass is 10.2. The number of rotatable bonds is 4. The van der Waals surface area contributed by atoms with E-state index in [1.165, 1.54) is 42.1 Å². The second-order valence-corrected chi connectivity index (χ2v) is 5.56. The van der Waals surface area contributed by atoms with Crippen molar-refractivity contribution in [2.75, 3.05) is 0 Å². The molecule has 0 amide bonds. The van der Waals surface area contributed by atoms with E-state index in [0.29, 0.717) is 17.1 Å². The molecule has 0 saturated heterocycles. The maximum atomic E-state index is 12.8. The number of nitro benzene ring substituents is 1. The summed E-state index contributed by atoms with van der Waals surface area (Å²) in [5.74, 6) is 0.397. The summed E-state index contributed by atoms with van der Waals surface area (Å²) < 4.78 is 18.3. The van der Waals surface area contributed by atoms with E-state index in [2.05, 4.69) is 0 Å². The first-order valence-corrected chi connectivity index (χ1v) is 7.28. The molecule has 4 nitrogen and oxygen atoms in total. The van der Waals surface area contributed by atoms with Crippen molar-refractivity contribution in [3.63, 3.8) is 0 Å². The van der Waals surface area contributed by atoms with E-state index in [1.807, 2.05) is 0 Å². The molecule has 2 rings (SSSR count). The lowest BCUT2D eigenvalue weighted by molar-refractivity contribution is -0.385. The summed E-state index contributed by atoms with van der Waals surface area (Å²) in [6, 6.07) is 11.9. The van der Waals surface area contributed by atoms with Crippen LogP contribution in [0.2, 0.25) is 0 Å². The van der Waals surface area contributed by atoms with Crippen LogP contribution in [-0.4, -0.2) is 9.31 Å². The molecule has 0 fully saturated rings. The SMILES string of the molecule is O=[N+]([O-])c1ccccc1CSC(=S)Oc1ccc(F)cc1. The third-order valence-corrected chi connectivity index (χ3v) is 3.76. The third-order valence-electron chi connectivity index (χ3n) is 2.55. The lowest BCUT2D eigenvalue weighted by Gasteiger charge is -2.06. The van der Waals surface area contributed by atoms with E-state index in [4.69, 9.17) is 17.0 Å². The van der Waals surface area contributed by atoms with E-state index >= 15 is 0 Å². The number of nitro groups is 1. The molecule has 0 atom stereocenters. The number of benzene rings is 2. The number of ether oxygens (including phenoxy) is 1. The normalized spacial score (nSPS) is 10.1. The highest BCUT2D eigenvalue weighted by atomic mass is 32.2. The van der Waals surface area contributed by atoms with Crippen molar-refractivity contribution in [3.05, 3.63) is 70.0 Å². The van der Waals surface area contributed by atoms with E-state index in [0.717, 1.165) is 0 Å². The molecule has 21 heavy (non-hydrogen) atoms. The molecule has 0 spiro atoms. The Morgan fingerprint density at radius 1 is 1.24 bits per heavy atom. The molecule has 2 aromatic rings. The number of thioether (sulfide) groups is 1. The molecule has 0 unspecified atom stereocenters. The minimum Gasteiger partial charge on any atom is -0.440 e. The van der Waals surface area contributed by atoms with Crippen LogP contribution in [0.4, 0.5) is 10.1 Å². The first-order valence-electron chi connectivity index (χ1n) is 5.89. The Hall–Kier alpha value is -1.99. The van der Waals surface area contributed by atoms with Crippen LogP contribution >= 0.6 is 24.0 Å². The molecule has 0 radical (unpaired) electrons. The number of thiocarbonyl (C=S) groups is 1. The Labute approximate surface area is 130 Å². The Morgan fingerprint density at radius 3 is 2.57 bits per heavy atom. The summed E-state index contributed by atoms with van der Waals surface area (Å²) in [6.45, 7) is 0. The maximum Gasteiger partial charge on any atom is 0.273 e. The maximum absolute atomic E-state index is 12.8.